The molecule has 288 valence electrons. The Bertz CT molecular complexity index is 1700. The molecule has 0 unspecified atom stereocenters. The number of ether oxygens (including phenoxy) is 7. The van der Waals surface area contributed by atoms with Crippen molar-refractivity contribution in [3.63, 3.8) is 0 Å². The zero-order valence-electron chi connectivity index (χ0n) is 27.8. The second kappa shape index (κ2) is 17.3. The van der Waals surface area contributed by atoms with Crippen LogP contribution in [0.3, 0.4) is 0 Å². The van der Waals surface area contributed by atoms with E-state index in [2.05, 4.69) is 0 Å². The molecule has 2 aromatic carbocycles. The molecule has 0 aliphatic carbocycles. The summed E-state index contributed by atoms with van der Waals surface area (Å²) in [4.78, 5) is 14.1. The molecule has 0 radical (unpaired) electrons. The van der Waals surface area contributed by atoms with Gasteiger partial charge in [0.25, 0.3) is 0 Å². The molecule has 3 aromatic rings. The Kier molecular flexibility index (Phi) is 13.1. The van der Waals surface area contributed by atoms with Crippen molar-refractivity contribution in [3.05, 3.63) is 40.6 Å². The van der Waals surface area contributed by atoms with E-state index in [1.807, 2.05) is 0 Å². The van der Waals surface area contributed by atoms with E-state index in [0.717, 1.165) is 6.07 Å². The van der Waals surface area contributed by atoms with Gasteiger partial charge in [-0.1, -0.05) is 0 Å². The third kappa shape index (κ3) is 8.36. The Hall–Kier alpha value is -3.83. The standard InChI is InChI=1S/C33H42O19/c1-14-23(38)26(41)28(43)32(49-14)48-13-21-24(39)27(42)29(44)33(51-21)52-31-25(40)22-17(37)11-16(45-7-4-34)12-20(22)50-30(31)15-2-3-18(46-8-5-35)19(10-15)47-9-6-36/h2-3,10-12,14,21,23-24,26-29,32-39,41-44H,4-9,13H2,1H3/t14-,21-,23-,24+,26+,27+,28+,29-,32+,33-/m0/s1. The Labute approximate surface area is 294 Å². The van der Waals surface area contributed by atoms with Crippen molar-refractivity contribution >= 4 is 11.0 Å². The van der Waals surface area contributed by atoms with Crippen molar-refractivity contribution in [3.8, 4) is 40.1 Å². The predicted molar refractivity (Wildman–Crippen MR) is 173 cm³/mol. The first kappa shape index (κ1) is 39.4. The zero-order chi connectivity index (χ0) is 37.7. The molecule has 0 bridgehead atoms. The largest absolute Gasteiger partial charge is 0.507 e. The van der Waals surface area contributed by atoms with Gasteiger partial charge in [-0.25, -0.2) is 0 Å². The molecule has 0 saturated carbocycles. The van der Waals surface area contributed by atoms with Crippen LogP contribution in [0.2, 0.25) is 0 Å². The SMILES string of the molecule is C[C@@H]1O[C@@H](OC[C@@H]2O[C@@H](Oc3c(-c4ccc(OCCO)c(OCCO)c4)oc4cc(OCCO)cc(O)c4c3=O)[C@@H](O)[C@H](O)[C@@H]2O)[C@H](O)[C@H](O)[C@H]1O. The van der Waals surface area contributed by atoms with E-state index in [1.54, 1.807) is 0 Å². The molecule has 52 heavy (non-hydrogen) atoms. The van der Waals surface area contributed by atoms with Gasteiger partial charge < -0.3 is 88.6 Å². The first-order valence-electron chi connectivity index (χ1n) is 16.3. The normalized spacial score (nSPS) is 29.2. The molecule has 2 aliphatic heterocycles. The van der Waals surface area contributed by atoms with Gasteiger partial charge >= 0.3 is 0 Å². The highest BCUT2D eigenvalue weighted by Crippen LogP contribution is 2.40. The number of hydrogen-bond donors (Lipinski definition) is 10. The Morgan fingerprint density at radius 3 is 2.04 bits per heavy atom. The molecular weight excluding hydrogens is 700 g/mol. The van der Waals surface area contributed by atoms with Gasteiger partial charge in [-0.05, 0) is 25.1 Å². The van der Waals surface area contributed by atoms with E-state index in [1.165, 1.54) is 31.2 Å². The molecular formula is C33H42O19. The first-order chi connectivity index (χ1) is 24.9. The monoisotopic (exact) mass is 742 g/mol. The van der Waals surface area contributed by atoms with E-state index in [4.69, 9.17) is 37.6 Å². The molecule has 2 fully saturated rings. The van der Waals surface area contributed by atoms with Crippen molar-refractivity contribution in [1.29, 1.82) is 0 Å². The van der Waals surface area contributed by atoms with Crippen LogP contribution in [-0.2, 0) is 14.2 Å². The number of aliphatic hydroxyl groups is 9. The fraction of sp³-hybridized carbons (Fsp3) is 0.545. The molecule has 10 atom stereocenters. The van der Waals surface area contributed by atoms with Gasteiger partial charge in [0, 0.05) is 17.7 Å². The Balaban J connectivity index is 1.53. The number of fused-ring (bicyclic) bond motifs is 1. The van der Waals surface area contributed by atoms with Gasteiger partial charge in [-0.2, -0.15) is 0 Å². The number of rotatable bonds is 15. The fourth-order valence-corrected chi connectivity index (χ4v) is 5.60. The quantitative estimate of drug-likeness (QED) is 0.0758. The molecule has 10 N–H and O–H groups in total. The highest BCUT2D eigenvalue weighted by atomic mass is 16.7. The molecule has 19 nitrogen and oxygen atoms in total. The van der Waals surface area contributed by atoms with Gasteiger partial charge in [0.1, 0.15) is 85.0 Å². The van der Waals surface area contributed by atoms with Gasteiger partial charge in [-0.3, -0.25) is 4.79 Å². The Morgan fingerprint density at radius 1 is 0.712 bits per heavy atom. The maximum Gasteiger partial charge on any atom is 0.239 e. The van der Waals surface area contributed by atoms with Crippen molar-refractivity contribution in [1.82, 2.24) is 0 Å². The predicted octanol–water partition coefficient (Wildman–Crippen LogP) is -2.69. The highest BCUT2D eigenvalue weighted by Gasteiger charge is 2.48. The molecule has 0 amide bonds. The minimum atomic E-state index is -1.98. The van der Waals surface area contributed by atoms with Crippen LogP contribution in [0, 0.1) is 0 Å². The lowest BCUT2D eigenvalue weighted by atomic mass is 9.98. The molecule has 0 spiro atoms. The van der Waals surface area contributed by atoms with Crippen molar-refractivity contribution in [2.24, 2.45) is 0 Å². The van der Waals surface area contributed by atoms with Crippen molar-refractivity contribution in [2.45, 2.75) is 68.3 Å². The average Bonchev–Trinajstić information content (AvgIpc) is 3.13. The second-order valence-electron chi connectivity index (χ2n) is 11.9. The lowest BCUT2D eigenvalue weighted by Gasteiger charge is -2.42. The number of phenols is 1. The number of aromatic hydroxyl groups is 1. The summed E-state index contributed by atoms with van der Waals surface area (Å²) in [6.45, 7) is -0.648. The van der Waals surface area contributed by atoms with Crippen LogP contribution < -0.4 is 24.4 Å². The second-order valence-corrected chi connectivity index (χ2v) is 11.9. The average molecular weight is 743 g/mol. The Morgan fingerprint density at radius 2 is 1.35 bits per heavy atom. The number of benzene rings is 2. The third-order valence-electron chi connectivity index (χ3n) is 8.31. The molecule has 1 aromatic heterocycles. The summed E-state index contributed by atoms with van der Waals surface area (Å²) < 4.78 is 45.1. The highest BCUT2D eigenvalue weighted by molar-refractivity contribution is 5.88. The van der Waals surface area contributed by atoms with E-state index in [0.29, 0.717) is 0 Å². The number of phenolic OH excluding ortho intramolecular Hbond substituents is 1. The maximum atomic E-state index is 14.1. The number of aliphatic hydroxyl groups excluding tert-OH is 9. The molecule has 3 heterocycles. The van der Waals surface area contributed by atoms with Gasteiger partial charge in [0.05, 0.1) is 32.5 Å². The summed E-state index contributed by atoms with van der Waals surface area (Å²) in [7, 11) is 0. The topological polar surface area (TPSA) is 297 Å². The summed E-state index contributed by atoms with van der Waals surface area (Å²) in [6, 6.07) is 6.59. The zero-order valence-corrected chi connectivity index (χ0v) is 27.8. The van der Waals surface area contributed by atoms with Crippen LogP contribution >= 0.6 is 0 Å². The summed E-state index contributed by atoms with van der Waals surface area (Å²) in [5.41, 5.74) is -1.08. The lowest BCUT2D eigenvalue weighted by Crippen LogP contribution is -2.61. The number of hydrogen-bond acceptors (Lipinski definition) is 19. The summed E-state index contributed by atoms with van der Waals surface area (Å²) in [5.74, 6) is -1.31. The lowest BCUT2D eigenvalue weighted by molar-refractivity contribution is -0.318. The van der Waals surface area contributed by atoms with E-state index < -0.39 is 84.9 Å². The van der Waals surface area contributed by atoms with Crippen LogP contribution in [0.1, 0.15) is 6.92 Å². The van der Waals surface area contributed by atoms with Gasteiger partial charge in [0.15, 0.2) is 23.5 Å². The third-order valence-corrected chi connectivity index (χ3v) is 8.31. The van der Waals surface area contributed by atoms with Crippen LogP contribution in [0.25, 0.3) is 22.3 Å². The summed E-state index contributed by atoms with van der Waals surface area (Å²) in [6.07, 6.45) is -16.3. The molecule has 2 aliphatic rings. The molecule has 19 heteroatoms. The molecule has 2 saturated heterocycles. The minimum absolute atomic E-state index is 0.0380. The van der Waals surface area contributed by atoms with Crippen LogP contribution in [0.5, 0.6) is 28.7 Å². The maximum absolute atomic E-state index is 14.1. The summed E-state index contributed by atoms with van der Waals surface area (Å²) >= 11 is 0. The van der Waals surface area contributed by atoms with Crippen LogP contribution in [0.15, 0.2) is 39.5 Å². The minimum Gasteiger partial charge on any atom is -0.507 e. The summed E-state index contributed by atoms with van der Waals surface area (Å²) in [5, 5.41) is 101. The first-order valence-corrected chi connectivity index (χ1v) is 16.3. The smallest absolute Gasteiger partial charge is 0.239 e. The van der Waals surface area contributed by atoms with E-state index >= 15 is 0 Å². The fourth-order valence-electron chi connectivity index (χ4n) is 5.60. The van der Waals surface area contributed by atoms with Gasteiger partial charge in [-0.15, -0.1) is 0 Å². The van der Waals surface area contributed by atoms with Crippen LogP contribution in [-0.4, -0.2) is 159 Å². The molecule has 5 rings (SSSR count). The van der Waals surface area contributed by atoms with Crippen LogP contribution in [0.4, 0.5) is 0 Å². The van der Waals surface area contributed by atoms with E-state index in [-0.39, 0.29) is 79.2 Å². The van der Waals surface area contributed by atoms with Crippen molar-refractivity contribution < 1.29 is 88.6 Å². The van der Waals surface area contributed by atoms with Gasteiger partial charge in [0.2, 0.25) is 17.5 Å². The van der Waals surface area contributed by atoms with E-state index in [9.17, 15) is 55.9 Å². The van der Waals surface area contributed by atoms with Crippen molar-refractivity contribution in [2.75, 3.05) is 46.2 Å².